The summed E-state index contributed by atoms with van der Waals surface area (Å²) in [6, 6.07) is 14.1. The highest BCUT2D eigenvalue weighted by Crippen LogP contribution is 2.28. The molecule has 0 spiro atoms. The Morgan fingerprint density at radius 3 is 2.76 bits per heavy atom. The minimum Gasteiger partial charge on any atom is -0.463 e. The number of nitrogens with zero attached hydrogens (tertiary/aromatic N) is 3. The summed E-state index contributed by atoms with van der Waals surface area (Å²) < 4.78 is 16.4. The maximum Gasteiger partial charge on any atom is 0.254 e. The van der Waals surface area contributed by atoms with Crippen molar-refractivity contribution in [3.05, 3.63) is 66.6 Å². The highest BCUT2D eigenvalue weighted by Gasteiger charge is 2.14. The second kappa shape index (κ2) is 12.0. The highest BCUT2D eigenvalue weighted by atomic mass is 16.5. The summed E-state index contributed by atoms with van der Waals surface area (Å²) >= 11 is 0. The zero-order chi connectivity index (χ0) is 26.2. The number of aromatic nitrogens is 2. The second-order valence-electron chi connectivity index (χ2n) is 8.19. The predicted molar refractivity (Wildman–Crippen MR) is 139 cm³/mol. The van der Waals surface area contributed by atoms with Gasteiger partial charge in [-0.25, -0.2) is 4.98 Å². The van der Waals surface area contributed by atoms with Crippen molar-refractivity contribution in [2.24, 2.45) is 0 Å². The standard InChI is InChI=1S/C26H28N6O5/c1-27-25(34)21-16-36-22-14-19(7-8-20(21)22)37-24-9-10-28-26(31-24)30-18-6-4-5-17(13-18)29-23(33)15-32(2)11-12-35-3/h4-10,13-14,16H,11-12,15H2,1-3H3,(H,27,34)(H,29,33)(H,28,30,31). The van der Waals surface area contributed by atoms with Gasteiger partial charge < -0.3 is 29.8 Å². The van der Waals surface area contributed by atoms with Crippen molar-refractivity contribution in [3.8, 4) is 11.6 Å². The zero-order valence-corrected chi connectivity index (χ0v) is 20.8. The van der Waals surface area contributed by atoms with E-state index in [-0.39, 0.29) is 18.4 Å². The Morgan fingerprint density at radius 1 is 1.11 bits per heavy atom. The van der Waals surface area contributed by atoms with Gasteiger partial charge in [0.05, 0.1) is 18.7 Å². The molecule has 192 valence electrons. The van der Waals surface area contributed by atoms with Gasteiger partial charge in [0.15, 0.2) is 0 Å². The molecule has 2 aromatic heterocycles. The van der Waals surface area contributed by atoms with Gasteiger partial charge in [0.1, 0.15) is 17.6 Å². The summed E-state index contributed by atoms with van der Waals surface area (Å²) in [4.78, 5) is 34.8. The van der Waals surface area contributed by atoms with Gasteiger partial charge >= 0.3 is 0 Å². The van der Waals surface area contributed by atoms with Crippen molar-refractivity contribution in [3.63, 3.8) is 0 Å². The Balaban J connectivity index is 1.40. The first kappa shape index (κ1) is 25.6. The van der Waals surface area contributed by atoms with Crippen molar-refractivity contribution in [1.29, 1.82) is 0 Å². The number of carbonyl (C=O) groups excluding carboxylic acids is 2. The maximum absolute atomic E-state index is 12.3. The third-order valence-corrected chi connectivity index (χ3v) is 5.36. The molecule has 4 aromatic rings. The topological polar surface area (TPSA) is 131 Å². The van der Waals surface area contributed by atoms with Gasteiger partial charge in [0.2, 0.25) is 17.7 Å². The molecule has 0 saturated heterocycles. The Hall–Kier alpha value is -4.48. The molecule has 0 atom stereocenters. The molecule has 2 heterocycles. The lowest BCUT2D eigenvalue weighted by Crippen LogP contribution is -2.32. The van der Waals surface area contributed by atoms with E-state index in [1.54, 1.807) is 56.8 Å². The SMILES string of the molecule is CNC(=O)c1coc2cc(Oc3ccnc(Nc4cccc(NC(=O)CN(C)CCOC)c4)n3)ccc12. The molecule has 2 aromatic carbocycles. The maximum atomic E-state index is 12.3. The van der Waals surface area contributed by atoms with Crippen LogP contribution in [0.25, 0.3) is 11.0 Å². The molecule has 2 amide bonds. The van der Waals surface area contributed by atoms with Crippen LogP contribution in [0.4, 0.5) is 17.3 Å². The van der Waals surface area contributed by atoms with Crippen LogP contribution in [0.5, 0.6) is 11.6 Å². The lowest BCUT2D eigenvalue weighted by Gasteiger charge is -2.16. The van der Waals surface area contributed by atoms with Gasteiger partial charge in [-0.15, -0.1) is 0 Å². The number of amides is 2. The van der Waals surface area contributed by atoms with Crippen LogP contribution in [0.2, 0.25) is 0 Å². The first-order valence-corrected chi connectivity index (χ1v) is 11.5. The van der Waals surface area contributed by atoms with Crippen molar-refractivity contribution in [2.75, 3.05) is 51.5 Å². The van der Waals surface area contributed by atoms with E-state index in [1.165, 1.54) is 6.26 Å². The Bertz CT molecular complexity index is 1390. The summed E-state index contributed by atoms with van der Waals surface area (Å²) in [5.74, 6) is 0.783. The van der Waals surface area contributed by atoms with Gasteiger partial charge in [-0.05, 0) is 37.4 Å². The fourth-order valence-corrected chi connectivity index (χ4v) is 3.54. The van der Waals surface area contributed by atoms with Crippen molar-refractivity contribution in [2.45, 2.75) is 0 Å². The monoisotopic (exact) mass is 504 g/mol. The van der Waals surface area contributed by atoms with Gasteiger partial charge in [-0.3, -0.25) is 14.5 Å². The number of likely N-dealkylation sites (N-methyl/N-ethyl adjacent to an activating group) is 1. The van der Waals surface area contributed by atoms with Crippen LogP contribution in [0.15, 0.2) is 65.4 Å². The van der Waals surface area contributed by atoms with E-state index >= 15 is 0 Å². The Kier molecular flexibility index (Phi) is 8.29. The molecule has 0 aliphatic heterocycles. The lowest BCUT2D eigenvalue weighted by atomic mass is 10.1. The van der Waals surface area contributed by atoms with Gasteiger partial charge in [0, 0.05) is 55.8 Å². The smallest absolute Gasteiger partial charge is 0.254 e. The molecule has 0 bridgehead atoms. The normalized spacial score (nSPS) is 10.9. The summed E-state index contributed by atoms with van der Waals surface area (Å²) in [5, 5.41) is 9.28. The van der Waals surface area contributed by atoms with Gasteiger partial charge in [-0.1, -0.05) is 6.07 Å². The molecule has 4 rings (SSSR count). The van der Waals surface area contributed by atoms with Crippen LogP contribution < -0.4 is 20.7 Å². The summed E-state index contributed by atoms with van der Waals surface area (Å²) in [7, 11) is 5.05. The first-order chi connectivity index (χ1) is 17.9. The minimum absolute atomic E-state index is 0.127. The van der Waals surface area contributed by atoms with Crippen LogP contribution in [0.3, 0.4) is 0 Å². The van der Waals surface area contributed by atoms with Crippen molar-refractivity contribution in [1.82, 2.24) is 20.2 Å². The quantitative estimate of drug-likeness (QED) is 0.280. The largest absolute Gasteiger partial charge is 0.463 e. The molecule has 0 saturated carbocycles. The minimum atomic E-state index is -0.225. The third kappa shape index (κ3) is 6.81. The first-order valence-electron chi connectivity index (χ1n) is 11.5. The van der Waals surface area contributed by atoms with Crippen LogP contribution in [0, 0.1) is 0 Å². The number of rotatable bonds is 11. The van der Waals surface area contributed by atoms with Gasteiger partial charge in [-0.2, -0.15) is 4.98 Å². The van der Waals surface area contributed by atoms with Gasteiger partial charge in [0.25, 0.3) is 5.91 Å². The number of anilines is 3. The van der Waals surface area contributed by atoms with Crippen LogP contribution in [0.1, 0.15) is 10.4 Å². The molecule has 0 unspecified atom stereocenters. The van der Waals surface area contributed by atoms with E-state index in [0.717, 1.165) is 0 Å². The number of ether oxygens (including phenoxy) is 2. The lowest BCUT2D eigenvalue weighted by molar-refractivity contribution is -0.117. The Labute approximate surface area is 213 Å². The summed E-state index contributed by atoms with van der Waals surface area (Å²) in [6.07, 6.45) is 2.98. The second-order valence-corrected chi connectivity index (χ2v) is 8.19. The predicted octanol–water partition coefficient (Wildman–Crippen LogP) is 3.64. The average molecular weight is 505 g/mol. The Morgan fingerprint density at radius 2 is 1.95 bits per heavy atom. The van der Waals surface area contributed by atoms with E-state index in [4.69, 9.17) is 13.9 Å². The zero-order valence-electron chi connectivity index (χ0n) is 20.8. The van der Waals surface area contributed by atoms with Crippen LogP contribution in [-0.4, -0.2) is 67.6 Å². The number of hydrogen-bond acceptors (Lipinski definition) is 9. The summed E-state index contributed by atoms with van der Waals surface area (Å²) in [5.41, 5.74) is 2.31. The highest BCUT2D eigenvalue weighted by molar-refractivity contribution is 6.06. The number of methoxy groups -OCH3 is 1. The van der Waals surface area contributed by atoms with E-state index in [9.17, 15) is 9.59 Å². The van der Waals surface area contributed by atoms with Crippen molar-refractivity contribution < 1.29 is 23.5 Å². The van der Waals surface area contributed by atoms with E-state index in [0.29, 0.717) is 58.6 Å². The third-order valence-electron chi connectivity index (χ3n) is 5.36. The molecular weight excluding hydrogens is 476 g/mol. The van der Waals surface area contributed by atoms with E-state index < -0.39 is 0 Å². The fourth-order valence-electron chi connectivity index (χ4n) is 3.54. The number of nitrogens with one attached hydrogen (secondary N) is 3. The average Bonchev–Trinajstić information content (AvgIpc) is 3.30. The molecule has 0 fully saturated rings. The number of benzene rings is 2. The molecule has 11 heteroatoms. The van der Waals surface area contributed by atoms with E-state index in [2.05, 4.69) is 25.9 Å². The molecule has 0 aliphatic rings. The molecule has 3 N–H and O–H groups in total. The van der Waals surface area contributed by atoms with Crippen molar-refractivity contribution >= 4 is 40.1 Å². The molecule has 11 nitrogen and oxygen atoms in total. The van der Waals surface area contributed by atoms with E-state index in [1.807, 2.05) is 24.1 Å². The molecule has 37 heavy (non-hydrogen) atoms. The molecule has 0 aliphatic carbocycles. The van der Waals surface area contributed by atoms with Crippen LogP contribution in [-0.2, 0) is 9.53 Å². The van der Waals surface area contributed by atoms with Crippen LogP contribution >= 0.6 is 0 Å². The number of hydrogen-bond donors (Lipinski definition) is 3. The number of furan rings is 1. The molecule has 0 radical (unpaired) electrons. The fraction of sp³-hybridized carbons (Fsp3) is 0.231. The number of carbonyl (C=O) groups is 2. The number of fused-ring (bicyclic) bond motifs is 1. The summed E-state index contributed by atoms with van der Waals surface area (Å²) in [6.45, 7) is 1.47. The molecular formula is C26H28N6O5.